The molecule has 0 saturated carbocycles. The highest BCUT2D eigenvalue weighted by Crippen LogP contribution is 1.99. The number of benzene rings is 1. The third-order valence-electron chi connectivity index (χ3n) is 1.65. The molecule has 0 N–H and O–H groups in total. The van der Waals surface area contributed by atoms with Crippen LogP contribution in [-0.4, -0.2) is 34.3 Å². The molecule has 0 spiro atoms. The predicted octanol–water partition coefficient (Wildman–Crippen LogP) is 1.57. The number of ether oxygens (including phenoxy) is 4. The topological polar surface area (TPSA) is 54.0 Å². The summed E-state index contributed by atoms with van der Waals surface area (Å²) in [6, 6.07) is 9.92. The number of carbonyl (C=O) groups excluding carboxylic acids is 1. The molecule has 0 fully saturated rings. The maximum atomic E-state index is 8.00. The minimum absolute atomic E-state index is 0.183. The maximum Gasteiger partial charge on any atom is 0.152 e. The van der Waals surface area contributed by atoms with Crippen molar-refractivity contribution < 1.29 is 23.7 Å². The van der Waals surface area contributed by atoms with Crippen molar-refractivity contribution in [2.24, 2.45) is 0 Å². The second-order valence-electron chi connectivity index (χ2n) is 2.88. The summed E-state index contributed by atoms with van der Waals surface area (Å²) < 4.78 is 19.9. The second-order valence-corrected chi connectivity index (χ2v) is 2.88. The van der Waals surface area contributed by atoms with Crippen LogP contribution in [0.25, 0.3) is 0 Å². The minimum atomic E-state index is 0.183. The zero-order valence-corrected chi connectivity index (χ0v) is 9.96. The van der Waals surface area contributed by atoms with E-state index in [0.717, 1.165) is 5.56 Å². The van der Waals surface area contributed by atoms with Gasteiger partial charge in [-0.2, -0.15) is 0 Å². The van der Waals surface area contributed by atoms with Gasteiger partial charge in [-0.1, -0.05) is 30.3 Å². The highest BCUT2D eigenvalue weighted by atomic mass is 16.8. The summed E-state index contributed by atoms with van der Waals surface area (Å²) in [5, 5.41) is 0. The summed E-state index contributed by atoms with van der Waals surface area (Å²) in [5.74, 6) is 0. The quantitative estimate of drug-likeness (QED) is 0.511. The lowest BCUT2D eigenvalue weighted by Gasteiger charge is -2.06. The van der Waals surface area contributed by atoms with Crippen LogP contribution in [0, 0.1) is 0 Å². The van der Waals surface area contributed by atoms with Crippen LogP contribution in [0.2, 0.25) is 0 Å². The number of rotatable bonds is 8. The average Bonchev–Trinajstić information content (AvgIpc) is 2.41. The molecule has 0 saturated heterocycles. The van der Waals surface area contributed by atoms with Crippen molar-refractivity contribution in [1.29, 1.82) is 0 Å². The van der Waals surface area contributed by atoms with Gasteiger partial charge in [0.2, 0.25) is 0 Å². The Morgan fingerprint density at radius 1 is 0.941 bits per heavy atom. The predicted molar refractivity (Wildman–Crippen MR) is 62.1 cm³/mol. The lowest BCUT2D eigenvalue weighted by atomic mass is 10.2. The summed E-state index contributed by atoms with van der Waals surface area (Å²) >= 11 is 0. The molecule has 0 aliphatic rings. The third-order valence-corrected chi connectivity index (χ3v) is 1.65. The average molecular weight is 242 g/mol. The molecule has 0 radical (unpaired) electrons. The highest BCUT2D eigenvalue weighted by molar-refractivity contribution is 5.13. The number of carbonyl (C=O) groups is 1. The van der Waals surface area contributed by atoms with Gasteiger partial charge in [0.05, 0.1) is 6.61 Å². The zero-order valence-electron chi connectivity index (χ0n) is 9.96. The molecular weight excluding hydrogens is 224 g/mol. The Morgan fingerprint density at radius 3 is 2.18 bits per heavy atom. The van der Waals surface area contributed by atoms with Crippen LogP contribution in [0.1, 0.15) is 5.56 Å². The van der Waals surface area contributed by atoms with Crippen LogP contribution in [0.5, 0.6) is 0 Å². The first-order valence-corrected chi connectivity index (χ1v) is 4.98. The van der Waals surface area contributed by atoms with Crippen LogP contribution >= 0.6 is 0 Å². The molecule has 0 heterocycles. The van der Waals surface area contributed by atoms with Crippen LogP contribution in [-0.2, 0) is 30.3 Å². The van der Waals surface area contributed by atoms with E-state index in [1.165, 1.54) is 0 Å². The Bertz CT molecular complexity index is 252. The molecule has 0 aliphatic heterocycles. The van der Waals surface area contributed by atoms with E-state index < -0.39 is 0 Å². The highest BCUT2D eigenvalue weighted by Gasteiger charge is 1.91. The monoisotopic (exact) mass is 242 g/mol. The van der Waals surface area contributed by atoms with Crippen molar-refractivity contribution in [2.75, 3.05) is 27.5 Å². The Kier molecular flexibility index (Phi) is 11.8. The summed E-state index contributed by atoms with van der Waals surface area (Å²) in [6.07, 6.45) is 0. The summed E-state index contributed by atoms with van der Waals surface area (Å²) in [7, 11) is 1.56. The minimum Gasteiger partial charge on any atom is -0.359 e. The molecule has 0 unspecified atom stereocenters. The molecule has 0 aliphatic carbocycles. The summed E-state index contributed by atoms with van der Waals surface area (Å²) in [6.45, 7) is 3.19. The van der Waals surface area contributed by atoms with E-state index in [1.807, 2.05) is 37.1 Å². The Balaban J connectivity index is 0.00000121. The van der Waals surface area contributed by atoms with Crippen molar-refractivity contribution in [3.63, 3.8) is 0 Å². The van der Waals surface area contributed by atoms with Crippen LogP contribution in [0.15, 0.2) is 30.3 Å². The molecule has 1 aromatic carbocycles. The molecule has 1 aromatic rings. The van der Waals surface area contributed by atoms with Crippen LogP contribution in [0.3, 0.4) is 0 Å². The van der Waals surface area contributed by atoms with Gasteiger partial charge in [0.1, 0.15) is 20.4 Å². The molecule has 0 aromatic heterocycles. The van der Waals surface area contributed by atoms with Gasteiger partial charge >= 0.3 is 0 Å². The molecule has 0 atom stereocenters. The smallest absolute Gasteiger partial charge is 0.152 e. The van der Waals surface area contributed by atoms with E-state index in [0.29, 0.717) is 6.61 Å². The van der Waals surface area contributed by atoms with Gasteiger partial charge in [-0.05, 0) is 5.56 Å². The van der Waals surface area contributed by atoms with E-state index in [2.05, 4.69) is 4.74 Å². The van der Waals surface area contributed by atoms with Gasteiger partial charge in [-0.15, -0.1) is 0 Å². The first kappa shape index (κ1) is 15.7. The van der Waals surface area contributed by atoms with Gasteiger partial charge in [0.15, 0.2) is 6.79 Å². The van der Waals surface area contributed by atoms with Gasteiger partial charge in [-0.25, -0.2) is 0 Å². The molecule has 5 nitrogen and oxygen atoms in total. The fourth-order valence-corrected chi connectivity index (χ4v) is 1.00. The fourth-order valence-electron chi connectivity index (χ4n) is 1.00. The maximum absolute atomic E-state index is 8.00. The standard InChI is InChI=1S/C11H16O4.CH2O/c1-12-8-14-10-15-9-13-7-11-5-3-2-4-6-11;1-2/h2-6H,7-10H2,1H3;1H2. The molecule has 0 amide bonds. The Morgan fingerprint density at radius 2 is 1.53 bits per heavy atom. The van der Waals surface area contributed by atoms with Gasteiger partial charge in [0, 0.05) is 7.11 Å². The Hall–Kier alpha value is -1.27. The first-order chi connectivity index (χ1) is 8.43. The van der Waals surface area contributed by atoms with Crippen molar-refractivity contribution in [3.8, 4) is 0 Å². The SMILES string of the molecule is C=O.COCOCOCOCc1ccccc1. The second kappa shape index (κ2) is 12.8. The zero-order chi connectivity index (χ0) is 12.8. The first-order valence-electron chi connectivity index (χ1n) is 4.98. The van der Waals surface area contributed by atoms with E-state index >= 15 is 0 Å². The molecular formula is C12H18O5. The van der Waals surface area contributed by atoms with Gasteiger partial charge in [0.25, 0.3) is 0 Å². The van der Waals surface area contributed by atoms with Crippen molar-refractivity contribution >= 4 is 6.79 Å². The van der Waals surface area contributed by atoms with E-state index in [9.17, 15) is 0 Å². The molecule has 96 valence electrons. The van der Waals surface area contributed by atoms with E-state index in [4.69, 9.17) is 19.0 Å². The van der Waals surface area contributed by atoms with Crippen molar-refractivity contribution in [3.05, 3.63) is 35.9 Å². The lowest BCUT2D eigenvalue weighted by molar-refractivity contribution is -0.166. The number of hydrogen-bond donors (Lipinski definition) is 0. The van der Waals surface area contributed by atoms with Crippen molar-refractivity contribution in [1.82, 2.24) is 0 Å². The number of hydrogen-bond acceptors (Lipinski definition) is 5. The van der Waals surface area contributed by atoms with Crippen LogP contribution < -0.4 is 0 Å². The van der Waals surface area contributed by atoms with Crippen LogP contribution in [0.4, 0.5) is 0 Å². The van der Waals surface area contributed by atoms with Crippen molar-refractivity contribution in [2.45, 2.75) is 6.61 Å². The fraction of sp³-hybridized carbons (Fsp3) is 0.417. The molecule has 17 heavy (non-hydrogen) atoms. The number of methoxy groups -OCH3 is 1. The molecule has 0 bridgehead atoms. The van der Waals surface area contributed by atoms with E-state index in [1.54, 1.807) is 7.11 Å². The normalized spacial score (nSPS) is 9.47. The summed E-state index contributed by atoms with van der Waals surface area (Å²) in [5.41, 5.74) is 1.12. The van der Waals surface area contributed by atoms with E-state index in [-0.39, 0.29) is 20.4 Å². The third kappa shape index (κ3) is 9.65. The molecule has 1 rings (SSSR count). The van der Waals surface area contributed by atoms with Gasteiger partial charge in [-0.3, -0.25) is 0 Å². The molecule has 5 heteroatoms. The largest absolute Gasteiger partial charge is 0.359 e. The lowest BCUT2D eigenvalue weighted by Crippen LogP contribution is -2.06. The summed E-state index contributed by atoms with van der Waals surface area (Å²) in [4.78, 5) is 8.00. The van der Waals surface area contributed by atoms with Gasteiger partial charge < -0.3 is 23.7 Å². The Labute approximate surface area is 101 Å².